The number of hydrogen-bond acceptors (Lipinski definition) is 7. The molecule has 3 aromatic rings. The van der Waals surface area contributed by atoms with E-state index in [1.807, 2.05) is 17.7 Å². The van der Waals surface area contributed by atoms with Gasteiger partial charge in [-0.05, 0) is 19.4 Å². The quantitative estimate of drug-likeness (QED) is 0.764. The number of fused-ring (bicyclic) bond motifs is 1. The van der Waals surface area contributed by atoms with Gasteiger partial charge in [-0.3, -0.25) is 0 Å². The molecule has 8 heteroatoms. The number of nitrogens with zero attached hydrogens (tertiary/aromatic N) is 5. The number of aryl methyl sites for hydroxylation is 3. The summed E-state index contributed by atoms with van der Waals surface area (Å²) < 4.78 is 13.1. The maximum absolute atomic E-state index is 5.68. The van der Waals surface area contributed by atoms with Crippen molar-refractivity contribution in [1.82, 2.24) is 30.3 Å². The maximum atomic E-state index is 5.68. The lowest BCUT2D eigenvalue weighted by molar-refractivity contribution is 0.341. The predicted molar refractivity (Wildman–Crippen MR) is 85.1 cm³/mol. The first-order valence-electron chi connectivity index (χ1n) is 8.25. The molecule has 0 spiro atoms. The number of nitrogens with one attached hydrogen (secondary N) is 1. The van der Waals surface area contributed by atoms with Crippen LogP contribution in [0.4, 0.5) is 0 Å². The Kier molecular flexibility index (Phi) is 3.89. The second-order valence-electron chi connectivity index (χ2n) is 6.03. The van der Waals surface area contributed by atoms with Gasteiger partial charge in [0.15, 0.2) is 11.6 Å². The zero-order chi connectivity index (χ0) is 16.5. The van der Waals surface area contributed by atoms with E-state index < -0.39 is 0 Å². The van der Waals surface area contributed by atoms with E-state index in [4.69, 9.17) is 8.83 Å². The maximum Gasteiger partial charge on any atom is 0.283 e. The Morgan fingerprint density at radius 2 is 2.29 bits per heavy atom. The van der Waals surface area contributed by atoms with Gasteiger partial charge in [0.05, 0.1) is 19.4 Å². The molecule has 1 N–H and O–H groups in total. The molecular weight excluding hydrogens is 308 g/mol. The molecular formula is C16H20N6O2. The number of hydrogen-bond donors (Lipinski definition) is 1. The number of rotatable bonds is 5. The van der Waals surface area contributed by atoms with E-state index in [9.17, 15) is 0 Å². The average Bonchev–Trinajstić information content (AvgIpc) is 3.30. The van der Waals surface area contributed by atoms with Crippen LogP contribution in [0, 0.1) is 6.92 Å². The molecule has 4 rings (SSSR count). The van der Waals surface area contributed by atoms with Crippen molar-refractivity contribution < 1.29 is 8.83 Å². The van der Waals surface area contributed by atoms with Gasteiger partial charge in [0.1, 0.15) is 5.82 Å². The molecule has 8 nitrogen and oxygen atoms in total. The summed E-state index contributed by atoms with van der Waals surface area (Å²) in [6, 6.07) is 2.20. The first-order valence-corrected chi connectivity index (χ1v) is 8.25. The summed E-state index contributed by atoms with van der Waals surface area (Å²) in [5, 5.41) is 16.1. The second kappa shape index (κ2) is 6.20. The largest absolute Gasteiger partial charge is 0.459 e. The Hall–Kier alpha value is -2.48. The van der Waals surface area contributed by atoms with Gasteiger partial charge in [-0.15, -0.1) is 10.2 Å². The minimum Gasteiger partial charge on any atom is -0.459 e. The van der Waals surface area contributed by atoms with E-state index in [1.54, 1.807) is 6.26 Å². The minimum absolute atomic E-state index is 0.324. The van der Waals surface area contributed by atoms with E-state index in [1.165, 1.54) is 0 Å². The molecule has 1 aliphatic heterocycles. The molecule has 126 valence electrons. The molecule has 1 atom stereocenters. The predicted octanol–water partition coefficient (Wildman–Crippen LogP) is 1.90. The third-order valence-corrected chi connectivity index (χ3v) is 4.28. The van der Waals surface area contributed by atoms with Gasteiger partial charge < -0.3 is 14.2 Å². The molecule has 3 aromatic heterocycles. The van der Waals surface area contributed by atoms with Crippen molar-refractivity contribution in [1.29, 1.82) is 0 Å². The van der Waals surface area contributed by atoms with E-state index in [2.05, 4.69) is 32.5 Å². The van der Waals surface area contributed by atoms with Gasteiger partial charge in [0, 0.05) is 24.4 Å². The molecule has 0 fully saturated rings. The highest BCUT2D eigenvalue weighted by Crippen LogP contribution is 2.22. The fraction of sp³-hybridized carbons (Fsp3) is 0.500. The van der Waals surface area contributed by atoms with Crippen LogP contribution in [0.15, 0.2) is 21.2 Å². The SMILES string of the molecule is CCc1nc2n(n1)C[C@H](NCc1nnc(-c3occc3C)o1)CC2. The van der Waals surface area contributed by atoms with Crippen LogP contribution in [0.2, 0.25) is 0 Å². The van der Waals surface area contributed by atoms with Gasteiger partial charge in [-0.2, -0.15) is 5.10 Å². The summed E-state index contributed by atoms with van der Waals surface area (Å²) in [7, 11) is 0. The van der Waals surface area contributed by atoms with E-state index in [0.29, 0.717) is 30.1 Å². The lowest BCUT2D eigenvalue weighted by Gasteiger charge is -2.22. The van der Waals surface area contributed by atoms with Crippen LogP contribution in [0.25, 0.3) is 11.7 Å². The zero-order valence-corrected chi connectivity index (χ0v) is 13.8. The Balaban J connectivity index is 1.38. The first kappa shape index (κ1) is 15.1. The summed E-state index contributed by atoms with van der Waals surface area (Å²) >= 11 is 0. The summed E-state index contributed by atoms with van der Waals surface area (Å²) in [5.41, 5.74) is 0.982. The molecule has 0 radical (unpaired) electrons. The standard InChI is InChI=1S/C16H20N6O2/c1-3-12-18-13-5-4-11(9-22(13)21-12)17-8-14-19-20-16(24-14)15-10(2)6-7-23-15/h6-7,11,17H,3-5,8-9H2,1-2H3/t11-/m1/s1. The van der Waals surface area contributed by atoms with Crippen LogP contribution in [0.3, 0.4) is 0 Å². The van der Waals surface area contributed by atoms with Crippen molar-refractivity contribution in [2.75, 3.05) is 0 Å². The molecule has 4 heterocycles. The minimum atomic E-state index is 0.324. The molecule has 0 saturated carbocycles. The number of aromatic nitrogens is 5. The Bertz CT molecular complexity index is 833. The van der Waals surface area contributed by atoms with Crippen LogP contribution in [0.1, 0.15) is 36.4 Å². The van der Waals surface area contributed by atoms with Crippen LogP contribution in [-0.2, 0) is 25.9 Å². The third-order valence-electron chi connectivity index (χ3n) is 4.28. The second-order valence-corrected chi connectivity index (χ2v) is 6.03. The van der Waals surface area contributed by atoms with Crippen LogP contribution < -0.4 is 5.32 Å². The molecule has 0 unspecified atom stereocenters. The van der Waals surface area contributed by atoms with E-state index in [-0.39, 0.29) is 0 Å². The van der Waals surface area contributed by atoms with Crippen molar-refractivity contribution in [3.05, 3.63) is 35.4 Å². The van der Waals surface area contributed by atoms with Crippen LogP contribution >= 0.6 is 0 Å². The van der Waals surface area contributed by atoms with Crippen molar-refractivity contribution >= 4 is 0 Å². The highest BCUT2D eigenvalue weighted by molar-refractivity contribution is 5.49. The topological polar surface area (TPSA) is 94.8 Å². The highest BCUT2D eigenvalue weighted by Gasteiger charge is 2.22. The zero-order valence-electron chi connectivity index (χ0n) is 13.8. The average molecular weight is 328 g/mol. The van der Waals surface area contributed by atoms with Gasteiger partial charge in [0.2, 0.25) is 5.89 Å². The van der Waals surface area contributed by atoms with Gasteiger partial charge in [0.25, 0.3) is 5.89 Å². The molecule has 0 aromatic carbocycles. The summed E-state index contributed by atoms with van der Waals surface area (Å²) in [6.07, 6.45) is 4.45. The molecule has 0 aliphatic carbocycles. The van der Waals surface area contributed by atoms with Crippen molar-refractivity contribution in [2.45, 2.75) is 52.2 Å². The smallest absolute Gasteiger partial charge is 0.283 e. The van der Waals surface area contributed by atoms with E-state index in [0.717, 1.165) is 43.0 Å². The van der Waals surface area contributed by atoms with Crippen LogP contribution in [0.5, 0.6) is 0 Å². The summed E-state index contributed by atoms with van der Waals surface area (Å²) in [5.74, 6) is 3.61. The fourth-order valence-electron chi connectivity index (χ4n) is 2.92. The van der Waals surface area contributed by atoms with Crippen molar-refractivity contribution in [3.63, 3.8) is 0 Å². The first-order chi connectivity index (χ1) is 11.7. The monoisotopic (exact) mass is 328 g/mol. The third kappa shape index (κ3) is 2.84. The normalized spacial score (nSPS) is 17.2. The van der Waals surface area contributed by atoms with Crippen LogP contribution in [-0.4, -0.2) is 31.0 Å². The lowest BCUT2D eigenvalue weighted by Crippen LogP contribution is -2.37. The molecule has 0 amide bonds. The van der Waals surface area contributed by atoms with Crippen molar-refractivity contribution in [3.8, 4) is 11.7 Å². The van der Waals surface area contributed by atoms with Gasteiger partial charge in [-0.25, -0.2) is 9.67 Å². The molecule has 1 aliphatic rings. The van der Waals surface area contributed by atoms with Gasteiger partial charge >= 0.3 is 0 Å². The lowest BCUT2D eigenvalue weighted by atomic mass is 10.1. The summed E-state index contributed by atoms with van der Waals surface area (Å²) in [6.45, 7) is 5.37. The number of furan rings is 1. The van der Waals surface area contributed by atoms with Gasteiger partial charge in [-0.1, -0.05) is 6.92 Å². The molecule has 0 bridgehead atoms. The Morgan fingerprint density at radius 3 is 3.08 bits per heavy atom. The Morgan fingerprint density at radius 1 is 1.38 bits per heavy atom. The van der Waals surface area contributed by atoms with E-state index >= 15 is 0 Å². The summed E-state index contributed by atoms with van der Waals surface area (Å²) in [4.78, 5) is 4.53. The molecule has 24 heavy (non-hydrogen) atoms. The van der Waals surface area contributed by atoms with Crippen molar-refractivity contribution in [2.24, 2.45) is 0 Å². The fourth-order valence-corrected chi connectivity index (χ4v) is 2.92. The molecule has 0 saturated heterocycles. The highest BCUT2D eigenvalue weighted by atomic mass is 16.4. The Labute approximate surface area is 139 Å².